The smallest absolute Gasteiger partial charge is 0.481 e. The first-order valence-electron chi connectivity index (χ1n) is 8.20. The maximum atomic E-state index is 12.6. The van der Waals surface area contributed by atoms with Crippen LogP contribution in [-0.4, -0.2) is 62.5 Å². The van der Waals surface area contributed by atoms with E-state index >= 15 is 0 Å². The lowest BCUT2D eigenvalue weighted by atomic mass is 10.1. The molecule has 27 heavy (non-hydrogen) atoms. The number of piperidine rings is 1. The second-order valence-corrected chi connectivity index (χ2v) is 7.83. The number of aromatic nitrogens is 1. The van der Waals surface area contributed by atoms with Crippen molar-refractivity contribution < 1.29 is 26.3 Å². The number of pyridine rings is 1. The SMILES string of the molecule is CN=C(NCc1ccnc(OC)c1)NC1CCN(S(=O)(=O)C(F)(F)F)CC1. The first kappa shape index (κ1) is 21.2. The molecule has 0 unspecified atom stereocenters. The Bertz CT molecular complexity index is 762. The summed E-state index contributed by atoms with van der Waals surface area (Å²) in [5.41, 5.74) is -4.35. The summed E-state index contributed by atoms with van der Waals surface area (Å²) >= 11 is 0. The second-order valence-electron chi connectivity index (χ2n) is 5.90. The number of methoxy groups -OCH3 is 1. The van der Waals surface area contributed by atoms with Crippen LogP contribution in [-0.2, 0) is 16.6 Å². The molecule has 1 fully saturated rings. The van der Waals surface area contributed by atoms with Gasteiger partial charge in [0.25, 0.3) is 0 Å². The summed E-state index contributed by atoms with van der Waals surface area (Å²) in [4.78, 5) is 8.10. The molecule has 0 spiro atoms. The fourth-order valence-electron chi connectivity index (χ4n) is 2.63. The largest absolute Gasteiger partial charge is 0.511 e. The van der Waals surface area contributed by atoms with Gasteiger partial charge in [0.05, 0.1) is 7.11 Å². The highest BCUT2D eigenvalue weighted by Crippen LogP contribution is 2.28. The third kappa shape index (κ3) is 5.45. The molecular weight excluding hydrogens is 387 g/mol. The Labute approximate surface area is 155 Å². The molecule has 12 heteroatoms. The number of hydrogen-bond donors (Lipinski definition) is 2. The lowest BCUT2D eigenvalue weighted by molar-refractivity contribution is -0.0494. The molecule has 8 nitrogen and oxygen atoms in total. The Hall–Kier alpha value is -2.08. The predicted octanol–water partition coefficient (Wildman–Crippen LogP) is 1.07. The van der Waals surface area contributed by atoms with Crippen molar-refractivity contribution in [2.24, 2.45) is 4.99 Å². The number of alkyl halides is 3. The van der Waals surface area contributed by atoms with Gasteiger partial charge in [0.2, 0.25) is 5.88 Å². The number of sulfonamides is 1. The van der Waals surface area contributed by atoms with E-state index < -0.39 is 15.5 Å². The zero-order valence-electron chi connectivity index (χ0n) is 15.0. The van der Waals surface area contributed by atoms with E-state index in [4.69, 9.17) is 4.74 Å². The van der Waals surface area contributed by atoms with Crippen molar-refractivity contribution in [1.29, 1.82) is 0 Å². The summed E-state index contributed by atoms with van der Waals surface area (Å²) in [6.45, 7) is 0.0516. The first-order valence-corrected chi connectivity index (χ1v) is 9.64. The minimum Gasteiger partial charge on any atom is -0.481 e. The summed E-state index contributed by atoms with van der Waals surface area (Å²) in [5, 5.41) is 6.20. The van der Waals surface area contributed by atoms with Gasteiger partial charge in [-0.05, 0) is 24.5 Å². The van der Waals surface area contributed by atoms with Crippen molar-refractivity contribution in [1.82, 2.24) is 19.9 Å². The molecule has 0 atom stereocenters. The Kier molecular flexibility index (Phi) is 6.87. The molecule has 1 saturated heterocycles. The highest BCUT2D eigenvalue weighted by atomic mass is 32.2. The van der Waals surface area contributed by atoms with Gasteiger partial charge in [-0.2, -0.15) is 17.5 Å². The number of halogens is 3. The van der Waals surface area contributed by atoms with E-state index in [0.717, 1.165) is 5.56 Å². The summed E-state index contributed by atoms with van der Waals surface area (Å²) in [6, 6.07) is 3.40. The molecule has 152 valence electrons. The van der Waals surface area contributed by atoms with Gasteiger partial charge in [-0.25, -0.2) is 13.4 Å². The minimum absolute atomic E-state index is 0.178. The fourth-order valence-corrected chi connectivity index (χ4v) is 3.62. The maximum absolute atomic E-state index is 12.6. The highest BCUT2D eigenvalue weighted by molar-refractivity contribution is 7.90. The Balaban J connectivity index is 1.86. The lowest BCUT2D eigenvalue weighted by Gasteiger charge is -2.32. The van der Waals surface area contributed by atoms with Crippen molar-refractivity contribution in [3.05, 3.63) is 23.9 Å². The van der Waals surface area contributed by atoms with Crippen molar-refractivity contribution >= 4 is 16.0 Å². The van der Waals surface area contributed by atoms with Crippen LogP contribution in [0.2, 0.25) is 0 Å². The second kappa shape index (κ2) is 8.74. The molecule has 1 aliphatic heterocycles. The quantitative estimate of drug-likeness (QED) is 0.558. The van der Waals surface area contributed by atoms with Gasteiger partial charge in [-0.3, -0.25) is 4.99 Å². The normalized spacial score (nSPS) is 17.6. The van der Waals surface area contributed by atoms with E-state index in [-0.39, 0.29) is 32.0 Å². The first-order chi connectivity index (χ1) is 12.7. The topological polar surface area (TPSA) is 95.9 Å². The van der Waals surface area contributed by atoms with Crippen LogP contribution in [0.25, 0.3) is 0 Å². The van der Waals surface area contributed by atoms with E-state index in [1.54, 1.807) is 19.3 Å². The van der Waals surface area contributed by atoms with Gasteiger partial charge < -0.3 is 15.4 Å². The monoisotopic (exact) mass is 409 g/mol. The van der Waals surface area contributed by atoms with Gasteiger partial charge in [-0.15, -0.1) is 0 Å². The van der Waals surface area contributed by atoms with E-state index in [0.29, 0.717) is 22.7 Å². The van der Waals surface area contributed by atoms with E-state index in [2.05, 4.69) is 20.6 Å². The molecule has 2 heterocycles. The Morgan fingerprint density at radius 3 is 2.63 bits per heavy atom. The molecule has 0 saturated carbocycles. The van der Waals surface area contributed by atoms with Crippen LogP contribution in [0.1, 0.15) is 18.4 Å². The molecule has 0 bridgehead atoms. The van der Waals surface area contributed by atoms with Gasteiger partial charge in [0.1, 0.15) is 0 Å². The number of aliphatic imine (C=N–C) groups is 1. The number of ether oxygens (including phenoxy) is 1. The average Bonchev–Trinajstić information content (AvgIpc) is 2.64. The molecule has 1 aromatic rings. The number of hydrogen-bond acceptors (Lipinski definition) is 5. The predicted molar refractivity (Wildman–Crippen MR) is 93.7 cm³/mol. The third-order valence-corrected chi connectivity index (χ3v) is 5.75. The zero-order valence-corrected chi connectivity index (χ0v) is 15.8. The van der Waals surface area contributed by atoms with Crippen LogP contribution in [0, 0.1) is 0 Å². The highest BCUT2D eigenvalue weighted by Gasteiger charge is 2.50. The van der Waals surface area contributed by atoms with Crippen LogP contribution >= 0.6 is 0 Å². The van der Waals surface area contributed by atoms with Crippen LogP contribution in [0.15, 0.2) is 23.3 Å². The van der Waals surface area contributed by atoms with Crippen LogP contribution in [0.3, 0.4) is 0 Å². The van der Waals surface area contributed by atoms with Crippen molar-refractivity contribution in [3.8, 4) is 5.88 Å². The molecule has 0 aromatic carbocycles. The summed E-state index contributed by atoms with van der Waals surface area (Å²) in [6.07, 6.45) is 2.11. The molecule has 2 rings (SSSR count). The lowest BCUT2D eigenvalue weighted by Crippen LogP contribution is -2.51. The summed E-state index contributed by atoms with van der Waals surface area (Å²) in [5.74, 6) is 0.957. The maximum Gasteiger partial charge on any atom is 0.511 e. The van der Waals surface area contributed by atoms with Gasteiger partial charge in [0, 0.05) is 45.0 Å². The molecule has 0 radical (unpaired) electrons. The molecule has 2 N–H and O–H groups in total. The number of rotatable bonds is 5. The van der Waals surface area contributed by atoms with Crippen LogP contribution < -0.4 is 15.4 Å². The fraction of sp³-hybridized carbons (Fsp3) is 0.600. The standard InChI is InChI=1S/C15H22F3N5O3S/c1-19-14(21-10-11-3-6-20-13(9-11)26-2)22-12-4-7-23(8-5-12)27(24,25)15(16,17)18/h3,6,9,12H,4-5,7-8,10H2,1-2H3,(H2,19,21,22). The number of nitrogens with one attached hydrogen (secondary N) is 2. The van der Waals surface area contributed by atoms with E-state index in [1.807, 2.05) is 6.07 Å². The van der Waals surface area contributed by atoms with Crippen LogP contribution in [0.5, 0.6) is 5.88 Å². The van der Waals surface area contributed by atoms with Gasteiger partial charge in [0.15, 0.2) is 5.96 Å². The minimum atomic E-state index is -5.27. The van der Waals surface area contributed by atoms with Crippen molar-refractivity contribution in [3.63, 3.8) is 0 Å². The van der Waals surface area contributed by atoms with Crippen LogP contribution in [0.4, 0.5) is 13.2 Å². The summed E-state index contributed by atoms with van der Waals surface area (Å²) < 4.78 is 66.2. The Morgan fingerprint density at radius 1 is 1.41 bits per heavy atom. The van der Waals surface area contributed by atoms with Gasteiger partial charge >= 0.3 is 15.5 Å². The molecule has 0 amide bonds. The molecule has 1 aliphatic rings. The number of nitrogens with zero attached hydrogens (tertiary/aromatic N) is 3. The number of guanidine groups is 1. The van der Waals surface area contributed by atoms with Crippen molar-refractivity contribution in [2.45, 2.75) is 30.9 Å². The van der Waals surface area contributed by atoms with E-state index in [1.165, 1.54) is 7.11 Å². The molecule has 1 aromatic heterocycles. The van der Waals surface area contributed by atoms with Crippen molar-refractivity contribution in [2.75, 3.05) is 27.2 Å². The average molecular weight is 409 g/mol. The molecular formula is C15H22F3N5O3S. The van der Waals surface area contributed by atoms with E-state index in [9.17, 15) is 21.6 Å². The molecule has 0 aliphatic carbocycles. The Morgan fingerprint density at radius 2 is 2.07 bits per heavy atom. The summed E-state index contributed by atoms with van der Waals surface area (Å²) in [7, 11) is -2.17. The van der Waals surface area contributed by atoms with Gasteiger partial charge in [-0.1, -0.05) is 0 Å². The third-order valence-electron chi connectivity index (χ3n) is 4.12. The zero-order chi connectivity index (χ0) is 20.1.